The molecule has 2 unspecified atom stereocenters. The first-order chi connectivity index (χ1) is 13.3. The minimum atomic E-state index is -4.52. The van der Waals surface area contributed by atoms with Gasteiger partial charge in [0.1, 0.15) is 11.6 Å². The van der Waals surface area contributed by atoms with Crippen LogP contribution in [0.15, 0.2) is 57.6 Å². The van der Waals surface area contributed by atoms with E-state index in [1.165, 1.54) is 12.3 Å². The molecular weight excluding hydrogens is 441 g/mol. The summed E-state index contributed by atoms with van der Waals surface area (Å²) in [4.78, 5) is 12.5. The number of alkyl halides is 3. The Labute approximate surface area is 165 Å². The molecule has 6 nitrogen and oxygen atoms in total. The van der Waals surface area contributed by atoms with E-state index in [4.69, 9.17) is 4.42 Å². The van der Waals surface area contributed by atoms with Gasteiger partial charge in [-0.15, -0.1) is 0 Å². The normalized spacial score (nSPS) is 19.0. The van der Waals surface area contributed by atoms with E-state index in [-0.39, 0.29) is 17.9 Å². The summed E-state index contributed by atoms with van der Waals surface area (Å²) in [6.07, 6.45) is -3.41. The van der Waals surface area contributed by atoms with Gasteiger partial charge in [0.05, 0.1) is 18.0 Å². The number of carbonyl (C=O) groups is 1. The highest BCUT2D eigenvalue weighted by molar-refractivity contribution is 9.10. The van der Waals surface area contributed by atoms with Crippen LogP contribution in [0.4, 0.5) is 24.7 Å². The summed E-state index contributed by atoms with van der Waals surface area (Å²) in [6.45, 7) is 0. The van der Waals surface area contributed by atoms with E-state index in [0.717, 1.165) is 4.68 Å². The van der Waals surface area contributed by atoms with Crippen LogP contribution < -0.4 is 10.6 Å². The molecule has 2 atom stereocenters. The first-order valence-electron chi connectivity index (χ1n) is 8.35. The van der Waals surface area contributed by atoms with E-state index in [1.54, 1.807) is 36.4 Å². The highest BCUT2D eigenvalue weighted by Crippen LogP contribution is 2.43. The number of halogens is 4. The number of hydrogen-bond donors (Lipinski definition) is 2. The highest BCUT2D eigenvalue weighted by Gasteiger charge is 2.47. The summed E-state index contributed by atoms with van der Waals surface area (Å²) in [5, 5.41) is 9.52. The van der Waals surface area contributed by atoms with Crippen LogP contribution in [0.2, 0.25) is 0 Å². The zero-order chi connectivity index (χ0) is 19.9. The molecule has 0 aliphatic carbocycles. The molecule has 3 aromatic rings. The second kappa shape index (κ2) is 7.01. The number of benzene rings is 1. The fraction of sp³-hybridized carbons (Fsp3) is 0.222. The molecule has 0 saturated heterocycles. The number of furan rings is 1. The van der Waals surface area contributed by atoms with Crippen molar-refractivity contribution in [3.8, 4) is 0 Å². The number of rotatable bonds is 3. The maximum absolute atomic E-state index is 13.6. The molecule has 28 heavy (non-hydrogen) atoms. The van der Waals surface area contributed by atoms with Crippen LogP contribution in [0.25, 0.3) is 0 Å². The molecule has 0 bridgehead atoms. The topological polar surface area (TPSA) is 72.1 Å². The van der Waals surface area contributed by atoms with Crippen LogP contribution in [0.5, 0.6) is 0 Å². The number of anilines is 2. The van der Waals surface area contributed by atoms with Gasteiger partial charge in [0.2, 0.25) is 0 Å². The highest BCUT2D eigenvalue weighted by atomic mass is 79.9. The maximum atomic E-state index is 13.6. The lowest BCUT2D eigenvalue weighted by Gasteiger charge is -2.32. The minimum Gasteiger partial charge on any atom is -0.467 e. The van der Waals surface area contributed by atoms with Crippen LogP contribution in [-0.4, -0.2) is 21.9 Å². The Kier molecular flexibility index (Phi) is 4.66. The van der Waals surface area contributed by atoms with Crippen molar-refractivity contribution in [2.45, 2.75) is 24.7 Å². The van der Waals surface area contributed by atoms with E-state index in [9.17, 15) is 18.0 Å². The summed E-state index contributed by atoms with van der Waals surface area (Å²) >= 11 is 3.31. The monoisotopic (exact) mass is 454 g/mol. The molecule has 0 radical (unpaired) electrons. The SMILES string of the molecule is O=C(Nc1ccccc1Br)c1cc2n(n1)C(C(F)(F)F)CC(c1ccco1)N2. The third kappa shape index (κ3) is 3.51. The standard InChI is InChI=1S/C18H14BrF3N4O2/c19-10-4-1-2-5-11(10)24-17(27)13-9-16-23-12(14-6-3-7-28-14)8-15(18(20,21)22)26(16)25-13/h1-7,9,12,15,23H,8H2,(H,24,27). The molecule has 146 valence electrons. The van der Waals surface area contributed by atoms with Gasteiger partial charge in [-0.25, -0.2) is 4.68 Å². The summed E-state index contributed by atoms with van der Waals surface area (Å²) < 4.78 is 47.6. The molecule has 0 spiro atoms. The number of amides is 1. The van der Waals surface area contributed by atoms with E-state index in [0.29, 0.717) is 15.9 Å². The third-order valence-electron chi connectivity index (χ3n) is 4.43. The second-order valence-corrected chi connectivity index (χ2v) is 7.15. The maximum Gasteiger partial charge on any atom is 0.410 e. The number of nitrogens with one attached hydrogen (secondary N) is 2. The quantitative estimate of drug-likeness (QED) is 0.573. The first-order valence-corrected chi connectivity index (χ1v) is 9.14. The molecule has 1 aliphatic heterocycles. The van der Waals surface area contributed by atoms with Gasteiger partial charge in [-0.05, 0) is 40.2 Å². The van der Waals surface area contributed by atoms with Crippen molar-refractivity contribution in [2.75, 3.05) is 10.6 Å². The van der Waals surface area contributed by atoms with Crippen molar-refractivity contribution in [1.82, 2.24) is 9.78 Å². The first kappa shape index (κ1) is 18.6. The lowest BCUT2D eigenvalue weighted by atomic mass is 10.0. The number of nitrogens with zero attached hydrogens (tertiary/aromatic N) is 2. The fourth-order valence-corrected chi connectivity index (χ4v) is 3.49. The second-order valence-electron chi connectivity index (χ2n) is 6.30. The van der Waals surface area contributed by atoms with Crippen molar-refractivity contribution >= 4 is 33.3 Å². The predicted octanol–water partition coefficient (Wildman–Crippen LogP) is 5.15. The number of aromatic nitrogens is 2. The Hall–Kier alpha value is -2.75. The summed E-state index contributed by atoms with van der Waals surface area (Å²) in [5.41, 5.74) is 0.375. The van der Waals surface area contributed by atoms with Gasteiger partial charge in [-0.1, -0.05) is 12.1 Å². The fourth-order valence-electron chi connectivity index (χ4n) is 3.11. The molecule has 1 amide bonds. The van der Waals surface area contributed by atoms with Gasteiger partial charge in [0.25, 0.3) is 5.91 Å². The van der Waals surface area contributed by atoms with Gasteiger partial charge < -0.3 is 15.1 Å². The number of carbonyl (C=O) groups excluding carboxylic acids is 1. The van der Waals surface area contributed by atoms with Gasteiger partial charge in [0, 0.05) is 17.0 Å². The molecule has 10 heteroatoms. The smallest absolute Gasteiger partial charge is 0.410 e. The van der Waals surface area contributed by atoms with Crippen LogP contribution in [0, 0.1) is 0 Å². The third-order valence-corrected chi connectivity index (χ3v) is 5.12. The van der Waals surface area contributed by atoms with Gasteiger partial charge in [-0.3, -0.25) is 4.79 Å². The van der Waals surface area contributed by atoms with E-state index in [1.807, 2.05) is 0 Å². The summed E-state index contributed by atoms with van der Waals surface area (Å²) in [5.74, 6) is -0.112. The van der Waals surface area contributed by atoms with Crippen molar-refractivity contribution in [3.63, 3.8) is 0 Å². The molecule has 2 aromatic heterocycles. The Balaban J connectivity index is 1.65. The van der Waals surface area contributed by atoms with Crippen molar-refractivity contribution in [2.24, 2.45) is 0 Å². The van der Waals surface area contributed by atoms with Crippen molar-refractivity contribution < 1.29 is 22.4 Å². The minimum absolute atomic E-state index is 0.104. The van der Waals surface area contributed by atoms with Gasteiger partial charge >= 0.3 is 6.18 Å². The molecule has 0 fully saturated rings. The van der Waals surface area contributed by atoms with E-state index >= 15 is 0 Å². The zero-order valence-corrected chi connectivity index (χ0v) is 15.8. The average molecular weight is 455 g/mol. The van der Waals surface area contributed by atoms with Crippen LogP contribution >= 0.6 is 15.9 Å². The lowest BCUT2D eigenvalue weighted by molar-refractivity contribution is -0.174. The van der Waals surface area contributed by atoms with Crippen LogP contribution in [-0.2, 0) is 0 Å². The molecule has 4 rings (SSSR count). The molecule has 2 N–H and O–H groups in total. The number of para-hydroxylation sites is 1. The van der Waals surface area contributed by atoms with Crippen LogP contribution in [0.1, 0.15) is 34.8 Å². The lowest BCUT2D eigenvalue weighted by Crippen LogP contribution is -2.35. The molecule has 1 aromatic carbocycles. The Morgan fingerprint density at radius 2 is 2.07 bits per heavy atom. The average Bonchev–Trinajstić information content (AvgIpc) is 3.31. The summed E-state index contributed by atoms with van der Waals surface area (Å²) in [6, 6.07) is 8.90. The largest absolute Gasteiger partial charge is 0.467 e. The van der Waals surface area contributed by atoms with Gasteiger partial charge in [-0.2, -0.15) is 18.3 Å². The van der Waals surface area contributed by atoms with Crippen LogP contribution in [0.3, 0.4) is 0 Å². The molecular formula is C18H14BrF3N4O2. The number of hydrogen-bond acceptors (Lipinski definition) is 4. The molecule has 0 saturated carbocycles. The van der Waals surface area contributed by atoms with Gasteiger partial charge in [0.15, 0.2) is 11.7 Å². The van der Waals surface area contributed by atoms with Crippen molar-refractivity contribution in [3.05, 3.63) is 64.7 Å². The molecule has 1 aliphatic rings. The zero-order valence-electron chi connectivity index (χ0n) is 14.2. The Morgan fingerprint density at radius 3 is 2.75 bits per heavy atom. The Morgan fingerprint density at radius 1 is 1.29 bits per heavy atom. The van der Waals surface area contributed by atoms with E-state index in [2.05, 4.69) is 31.7 Å². The summed E-state index contributed by atoms with van der Waals surface area (Å²) in [7, 11) is 0. The molecule has 3 heterocycles. The van der Waals surface area contributed by atoms with Crippen molar-refractivity contribution in [1.29, 1.82) is 0 Å². The van der Waals surface area contributed by atoms with E-state index < -0.39 is 24.2 Å². The Bertz CT molecular complexity index is 1000. The number of fused-ring (bicyclic) bond motifs is 1. The predicted molar refractivity (Wildman–Crippen MR) is 99.1 cm³/mol.